The van der Waals surface area contributed by atoms with Crippen molar-refractivity contribution in [1.29, 1.82) is 0 Å². The first-order chi connectivity index (χ1) is 8.13. The van der Waals surface area contributed by atoms with Gasteiger partial charge in [-0.2, -0.15) is 0 Å². The summed E-state index contributed by atoms with van der Waals surface area (Å²) in [5.74, 6) is -0.207. The third-order valence-corrected chi connectivity index (χ3v) is 3.40. The van der Waals surface area contributed by atoms with Crippen LogP contribution >= 0.6 is 22.9 Å². The summed E-state index contributed by atoms with van der Waals surface area (Å²) in [5, 5.41) is 6.36. The van der Waals surface area contributed by atoms with Gasteiger partial charge in [-0.15, -0.1) is 11.3 Å². The van der Waals surface area contributed by atoms with Crippen LogP contribution in [0, 0.1) is 5.82 Å². The summed E-state index contributed by atoms with van der Waals surface area (Å²) in [5.41, 5.74) is 1.09. The second kappa shape index (κ2) is 5.47. The first-order valence-corrected chi connectivity index (χ1v) is 6.51. The van der Waals surface area contributed by atoms with Crippen LogP contribution in [-0.2, 0) is 6.42 Å². The highest BCUT2D eigenvalue weighted by Gasteiger charge is 2.06. The minimum atomic E-state index is -0.207. The van der Waals surface area contributed by atoms with E-state index in [1.54, 1.807) is 17.5 Å². The molecule has 0 aliphatic carbocycles. The summed E-state index contributed by atoms with van der Waals surface area (Å²) >= 11 is 7.22. The predicted octanol–water partition coefficient (Wildman–Crippen LogP) is 3.98. The monoisotopic (exact) mass is 270 g/mol. The van der Waals surface area contributed by atoms with Gasteiger partial charge in [-0.05, 0) is 31.0 Å². The van der Waals surface area contributed by atoms with Gasteiger partial charge in [0.25, 0.3) is 0 Å². The minimum absolute atomic E-state index is 0.207. The molecule has 90 valence electrons. The summed E-state index contributed by atoms with van der Waals surface area (Å²) in [4.78, 5) is 4.12. The van der Waals surface area contributed by atoms with E-state index in [0.717, 1.165) is 17.1 Å². The highest BCUT2D eigenvalue weighted by Crippen LogP contribution is 2.20. The average Bonchev–Trinajstić information content (AvgIpc) is 2.67. The van der Waals surface area contributed by atoms with Gasteiger partial charge < -0.3 is 5.32 Å². The Bertz CT molecular complexity index is 484. The van der Waals surface area contributed by atoms with Gasteiger partial charge in [-0.25, -0.2) is 9.37 Å². The summed E-state index contributed by atoms with van der Waals surface area (Å²) in [7, 11) is 0. The molecule has 1 atom stereocenters. The van der Waals surface area contributed by atoms with E-state index in [-0.39, 0.29) is 11.9 Å². The summed E-state index contributed by atoms with van der Waals surface area (Å²) in [6.07, 6.45) is 0.817. The predicted molar refractivity (Wildman–Crippen MR) is 70.3 cm³/mol. The first-order valence-electron chi connectivity index (χ1n) is 5.25. The van der Waals surface area contributed by atoms with Gasteiger partial charge >= 0.3 is 0 Å². The lowest BCUT2D eigenvalue weighted by molar-refractivity contribution is 0.626. The molecule has 0 radical (unpaired) electrons. The van der Waals surface area contributed by atoms with Gasteiger partial charge in [-0.1, -0.05) is 23.7 Å². The molecule has 5 heteroatoms. The van der Waals surface area contributed by atoms with Gasteiger partial charge in [-0.3, -0.25) is 0 Å². The molecule has 17 heavy (non-hydrogen) atoms. The van der Waals surface area contributed by atoms with Crippen LogP contribution in [-0.4, -0.2) is 11.0 Å². The summed E-state index contributed by atoms with van der Waals surface area (Å²) in [6.45, 7) is 2.05. The Hall–Kier alpha value is -1.13. The molecule has 0 bridgehead atoms. The zero-order valence-corrected chi connectivity index (χ0v) is 10.9. The molecule has 1 unspecified atom stereocenters. The number of rotatable bonds is 4. The van der Waals surface area contributed by atoms with E-state index in [1.807, 2.05) is 0 Å². The normalized spacial score (nSPS) is 12.4. The van der Waals surface area contributed by atoms with E-state index in [9.17, 15) is 4.39 Å². The van der Waals surface area contributed by atoms with Gasteiger partial charge in [0.15, 0.2) is 5.13 Å². The molecule has 0 fully saturated rings. The van der Waals surface area contributed by atoms with Crippen molar-refractivity contribution in [2.24, 2.45) is 0 Å². The van der Waals surface area contributed by atoms with Crippen molar-refractivity contribution < 1.29 is 4.39 Å². The highest BCUT2D eigenvalue weighted by atomic mass is 35.5. The first kappa shape index (κ1) is 12.3. The Morgan fingerprint density at radius 1 is 1.41 bits per heavy atom. The fourth-order valence-electron chi connectivity index (χ4n) is 1.56. The molecule has 2 rings (SSSR count). The Morgan fingerprint density at radius 2 is 2.12 bits per heavy atom. The molecule has 1 N–H and O–H groups in total. The van der Waals surface area contributed by atoms with Crippen LogP contribution in [0.4, 0.5) is 9.52 Å². The van der Waals surface area contributed by atoms with E-state index < -0.39 is 0 Å². The number of thiazole rings is 1. The number of aromatic nitrogens is 1. The molecule has 2 aromatic rings. The molecular weight excluding hydrogens is 259 g/mol. The summed E-state index contributed by atoms with van der Waals surface area (Å²) in [6, 6.07) is 6.76. The SMILES string of the molecule is CC(Cc1ccc(F)cc1)Nc1nc(Cl)cs1. The van der Waals surface area contributed by atoms with Crippen LogP contribution in [0.2, 0.25) is 5.15 Å². The van der Waals surface area contributed by atoms with Crippen molar-refractivity contribution in [3.8, 4) is 0 Å². The lowest BCUT2D eigenvalue weighted by atomic mass is 10.1. The van der Waals surface area contributed by atoms with Crippen molar-refractivity contribution in [2.75, 3.05) is 5.32 Å². The molecule has 0 saturated heterocycles. The number of nitrogens with zero attached hydrogens (tertiary/aromatic N) is 1. The molecule has 0 amide bonds. The molecule has 1 aromatic heterocycles. The second-order valence-electron chi connectivity index (χ2n) is 3.85. The molecule has 0 spiro atoms. The maximum atomic E-state index is 12.7. The standard InChI is InChI=1S/C12H12ClFN2S/c1-8(15-12-16-11(13)7-17-12)6-9-2-4-10(14)5-3-9/h2-5,7-8H,6H2,1H3,(H,15,16). The smallest absolute Gasteiger partial charge is 0.184 e. The number of anilines is 1. The van der Waals surface area contributed by atoms with E-state index in [1.165, 1.54) is 23.5 Å². The van der Waals surface area contributed by atoms with Crippen molar-refractivity contribution in [3.05, 3.63) is 46.2 Å². The van der Waals surface area contributed by atoms with Crippen molar-refractivity contribution in [2.45, 2.75) is 19.4 Å². The van der Waals surface area contributed by atoms with Gasteiger partial charge in [0.05, 0.1) is 0 Å². The Balaban J connectivity index is 1.93. The fraction of sp³-hybridized carbons (Fsp3) is 0.250. The molecule has 0 aliphatic heterocycles. The van der Waals surface area contributed by atoms with E-state index >= 15 is 0 Å². The van der Waals surface area contributed by atoms with Gasteiger partial charge in [0, 0.05) is 11.4 Å². The topological polar surface area (TPSA) is 24.9 Å². The third-order valence-electron chi connectivity index (χ3n) is 2.30. The van der Waals surface area contributed by atoms with Crippen molar-refractivity contribution in [1.82, 2.24) is 4.98 Å². The quantitative estimate of drug-likeness (QED) is 0.909. The lowest BCUT2D eigenvalue weighted by Crippen LogP contribution is -2.17. The highest BCUT2D eigenvalue weighted by molar-refractivity contribution is 7.14. The average molecular weight is 271 g/mol. The zero-order valence-electron chi connectivity index (χ0n) is 9.28. The maximum absolute atomic E-state index is 12.7. The Kier molecular flexibility index (Phi) is 3.97. The van der Waals surface area contributed by atoms with Gasteiger partial charge in [0.1, 0.15) is 11.0 Å². The van der Waals surface area contributed by atoms with Crippen LogP contribution in [0.15, 0.2) is 29.6 Å². The minimum Gasteiger partial charge on any atom is -0.359 e. The zero-order chi connectivity index (χ0) is 12.3. The maximum Gasteiger partial charge on any atom is 0.184 e. The Labute approximate surface area is 108 Å². The van der Waals surface area contributed by atoms with Crippen LogP contribution < -0.4 is 5.32 Å². The van der Waals surface area contributed by atoms with Crippen LogP contribution in [0.5, 0.6) is 0 Å². The molecular formula is C12H12ClFN2S. The molecule has 0 aliphatic rings. The summed E-state index contributed by atoms with van der Waals surface area (Å²) < 4.78 is 12.7. The van der Waals surface area contributed by atoms with Crippen LogP contribution in [0.25, 0.3) is 0 Å². The Morgan fingerprint density at radius 3 is 2.71 bits per heavy atom. The van der Waals surface area contributed by atoms with Crippen molar-refractivity contribution >= 4 is 28.1 Å². The molecule has 1 aromatic carbocycles. The fourth-order valence-corrected chi connectivity index (χ4v) is 2.51. The van der Waals surface area contributed by atoms with Crippen LogP contribution in [0.1, 0.15) is 12.5 Å². The molecule has 0 saturated carbocycles. The number of hydrogen-bond acceptors (Lipinski definition) is 3. The number of hydrogen-bond donors (Lipinski definition) is 1. The second-order valence-corrected chi connectivity index (χ2v) is 5.10. The molecule has 1 heterocycles. The number of benzene rings is 1. The number of nitrogens with one attached hydrogen (secondary N) is 1. The van der Waals surface area contributed by atoms with E-state index in [4.69, 9.17) is 11.6 Å². The van der Waals surface area contributed by atoms with Crippen molar-refractivity contribution in [3.63, 3.8) is 0 Å². The van der Waals surface area contributed by atoms with Gasteiger partial charge in [0.2, 0.25) is 0 Å². The lowest BCUT2D eigenvalue weighted by Gasteiger charge is -2.12. The van der Waals surface area contributed by atoms with E-state index in [2.05, 4.69) is 17.2 Å². The largest absolute Gasteiger partial charge is 0.359 e. The molecule has 2 nitrogen and oxygen atoms in total. The third kappa shape index (κ3) is 3.68. The van der Waals surface area contributed by atoms with Crippen LogP contribution in [0.3, 0.4) is 0 Å². The van der Waals surface area contributed by atoms with E-state index in [0.29, 0.717) is 5.15 Å². The number of halogens is 2.